The highest BCUT2D eigenvalue weighted by atomic mass is 16.6. The molecule has 1 spiro atoms. The van der Waals surface area contributed by atoms with Crippen molar-refractivity contribution in [2.45, 2.75) is 43.8 Å². The molecule has 2 atom stereocenters. The molecule has 0 amide bonds. The summed E-state index contributed by atoms with van der Waals surface area (Å²) in [4.78, 5) is 2.62. The van der Waals surface area contributed by atoms with Crippen LogP contribution in [0.1, 0.15) is 32.1 Å². The van der Waals surface area contributed by atoms with Crippen molar-refractivity contribution in [3.05, 3.63) is 12.7 Å². The minimum Gasteiger partial charge on any atom is -0.381 e. The summed E-state index contributed by atoms with van der Waals surface area (Å²) in [6, 6.07) is 0. The molecule has 21 heavy (non-hydrogen) atoms. The van der Waals surface area contributed by atoms with Crippen LogP contribution in [0.2, 0.25) is 0 Å². The topological polar surface area (TPSA) is 30.9 Å². The lowest BCUT2D eigenvalue weighted by atomic mass is 9.88. The van der Waals surface area contributed by atoms with Crippen molar-refractivity contribution in [3.63, 3.8) is 0 Å². The van der Waals surface area contributed by atoms with Gasteiger partial charge in [0.15, 0.2) is 0 Å². The van der Waals surface area contributed by atoms with Crippen LogP contribution in [0.25, 0.3) is 0 Å². The van der Waals surface area contributed by atoms with Crippen LogP contribution >= 0.6 is 0 Å². The number of piperidine rings is 1. The second-order valence-electron chi connectivity index (χ2n) is 6.84. The average molecular weight is 295 g/mol. The van der Waals surface area contributed by atoms with Crippen molar-refractivity contribution in [1.29, 1.82) is 0 Å². The van der Waals surface area contributed by atoms with E-state index in [0.29, 0.717) is 6.61 Å². The molecule has 3 aliphatic rings. The first kappa shape index (κ1) is 15.5. The molecule has 0 aliphatic carbocycles. The molecular formula is C17H29NO3. The van der Waals surface area contributed by atoms with E-state index in [1.54, 1.807) is 0 Å². The summed E-state index contributed by atoms with van der Waals surface area (Å²) in [5.41, 5.74) is 0.0508. The third-order valence-electron chi connectivity index (χ3n) is 5.10. The van der Waals surface area contributed by atoms with Gasteiger partial charge in [-0.1, -0.05) is 6.08 Å². The average Bonchev–Trinajstić information content (AvgIpc) is 2.89. The van der Waals surface area contributed by atoms with E-state index in [2.05, 4.69) is 11.5 Å². The van der Waals surface area contributed by atoms with Crippen molar-refractivity contribution in [2.24, 2.45) is 5.92 Å². The maximum absolute atomic E-state index is 6.18. The second kappa shape index (κ2) is 7.23. The molecule has 0 aromatic heterocycles. The van der Waals surface area contributed by atoms with E-state index in [1.165, 1.54) is 38.8 Å². The lowest BCUT2D eigenvalue weighted by molar-refractivity contribution is -0.0589. The fourth-order valence-corrected chi connectivity index (χ4v) is 4.04. The van der Waals surface area contributed by atoms with Crippen molar-refractivity contribution < 1.29 is 14.2 Å². The minimum absolute atomic E-state index is 0.0508. The molecule has 0 unspecified atom stereocenters. The zero-order valence-electron chi connectivity index (χ0n) is 13.1. The highest BCUT2D eigenvalue weighted by Gasteiger charge is 2.44. The van der Waals surface area contributed by atoms with Crippen molar-refractivity contribution in [2.75, 3.05) is 46.1 Å². The lowest BCUT2D eigenvalue weighted by Crippen LogP contribution is -2.49. The Labute approximate surface area is 128 Å². The quantitative estimate of drug-likeness (QED) is 0.728. The van der Waals surface area contributed by atoms with Crippen LogP contribution in [0.4, 0.5) is 0 Å². The van der Waals surface area contributed by atoms with E-state index in [1.807, 2.05) is 6.08 Å². The zero-order chi connectivity index (χ0) is 14.5. The number of hydrogen-bond donors (Lipinski definition) is 0. The van der Waals surface area contributed by atoms with Crippen LogP contribution in [-0.2, 0) is 14.2 Å². The monoisotopic (exact) mass is 295 g/mol. The van der Waals surface area contributed by atoms with E-state index in [4.69, 9.17) is 14.2 Å². The Morgan fingerprint density at radius 2 is 2.19 bits per heavy atom. The second-order valence-corrected chi connectivity index (χ2v) is 6.84. The summed E-state index contributed by atoms with van der Waals surface area (Å²) in [5, 5.41) is 0. The van der Waals surface area contributed by atoms with Gasteiger partial charge in [0.25, 0.3) is 0 Å². The van der Waals surface area contributed by atoms with Gasteiger partial charge in [-0.2, -0.15) is 0 Å². The predicted molar refractivity (Wildman–Crippen MR) is 82.5 cm³/mol. The molecule has 0 aromatic carbocycles. The fraction of sp³-hybridized carbons (Fsp3) is 0.882. The van der Waals surface area contributed by atoms with Crippen LogP contribution in [0.5, 0.6) is 0 Å². The van der Waals surface area contributed by atoms with Gasteiger partial charge >= 0.3 is 0 Å². The fourth-order valence-electron chi connectivity index (χ4n) is 4.04. The molecule has 4 nitrogen and oxygen atoms in total. The standard InChI is InChI=1S/C17H29NO3/c1-2-8-20-16-11-17(21-13-16)6-3-7-18(14-17)12-15-4-9-19-10-5-15/h2,15-16H,1,3-14H2/t16-,17+/m1/s1. The maximum Gasteiger partial charge on any atom is 0.0841 e. The summed E-state index contributed by atoms with van der Waals surface area (Å²) < 4.78 is 17.4. The molecule has 0 bridgehead atoms. The van der Waals surface area contributed by atoms with E-state index in [-0.39, 0.29) is 11.7 Å². The summed E-state index contributed by atoms with van der Waals surface area (Å²) in [5.74, 6) is 0.808. The predicted octanol–water partition coefficient (Wildman–Crippen LogP) is 2.24. The van der Waals surface area contributed by atoms with E-state index in [9.17, 15) is 0 Å². The third kappa shape index (κ3) is 4.07. The van der Waals surface area contributed by atoms with E-state index >= 15 is 0 Å². The molecular weight excluding hydrogens is 266 g/mol. The van der Waals surface area contributed by atoms with Gasteiger partial charge in [-0.3, -0.25) is 0 Å². The highest BCUT2D eigenvalue weighted by Crippen LogP contribution is 2.36. The van der Waals surface area contributed by atoms with Crippen LogP contribution < -0.4 is 0 Å². The molecule has 4 heteroatoms. The molecule has 3 rings (SSSR count). The molecule has 3 heterocycles. The maximum atomic E-state index is 6.18. The Morgan fingerprint density at radius 3 is 3.00 bits per heavy atom. The van der Waals surface area contributed by atoms with Crippen molar-refractivity contribution in [1.82, 2.24) is 4.90 Å². The summed E-state index contributed by atoms with van der Waals surface area (Å²) in [6.45, 7) is 10.5. The first-order valence-electron chi connectivity index (χ1n) is 8.46. The van der Waals surface area contributed by atoms with E-state index < -0.39 is 0 Å². The van der Waals surface area contributed by atoms with Gasteiger partial charge in [-0.25, -0.2) is 0 Å². The molecule has 0 saturated carbocycles. The number of likely N-dealkylation sites (tertiary alicyclic amines) is 1. The summed E-state index contributed by atoms with van der Waals surface area (Å²) in [6.07, 6.45) is 7.99. The number of rotatable bonds is 5. The molecule has 0 radical (unpaired) electrons. The molecule has 0 N–H and O–H groups in total. The smallest absolute Gasteiger partial charge is 0.0841 e. The highest BCUT2D eigenvalue weighted by molar-refractivity contribution is 4.96. The Bertz CT molecular complexity index is 343. The van der Waals surface area contributed by atoms with Crippen molar-refractivity contribution >= 4 is 0 Å². The van der Waals surface area contributed by atoms with Crippen LogP contribution in [0, 0.1) is 5.92 Å². The molecule has 0 aromatic rings. The Morgan fingerprint density at radius 1 is 1.33 bits per heavy atom. The zero-order valence-corrected chi connectivity index (χ0v) is 13.1. The van der Waals surface area contributed by atoms with Gasteiger partial charge in [0.05, 0.1) is 24.9 Å². The Balaban J connectivity index is 1.49. The lowest BCUT2D eigenvalue weighted by Gasteiger charge is -2.41. The van der Waals surface area contributed by atoms with Crippen molar-refractivity contribution in [3.8, 4) is 0 Å². The van der Waals surface area contributed by atoms with Gasteiger partial charge in [-0.05, 0) is 38.1 Å². The van der Waals surface area contributed by atoms with Gasteiger partial charge in [0.2, 0.25) is 0 Å². The first-order valence-corrected chi connectivity index (χ1v) is 8.46. The SMILES string of the molecule is C=CCO[C@H]1CO[C@@]2(CCCN(CC3CCOCC3)C2)C1. The van der Waals surface area contributed by atoms with Crippen LogP contribution in [-0.4, -0.2) is 62.7 Å². The Kier molecular flexibility index (Phi) is 5.33. The Hall–Kier alpha value is -0.420. The molecule has 3 saturated heterocycles. The summed E-state index contributed by atoms with van der Waals surface area (Å²) in [7, 11) is 0. The van der Waals surface area contributed by atoms with Gasteiger partial charge < -0.3 is 19.1 Å². The number of nitrogens with zero attached hydrogens (tertiary/aromatic N) is 1. The first-order chi connectivity index (χ1) is 10.3. The normalized spacial score (nSPS) is 35.3. The largest absolute Gasteiger partial charge is 0.381 e. The molecule has 120 valence electrons. The molecule has 3 fully saturated rings. The number of hydrogen-bond acceptors (Lipinski definition) is 4. The minimum atomic E-state index is 0.0508. The van der Waals surface area contributed by atoms with E-state index in [0.717, 1.165) is 38.7 Å². The van der Waals surface area contributed by atoms with Crippen LogP contribution in [0.15, 0.2) is 12.7 Å². The third-order valence-corrected chi connectivity index (χ3v) is 5.10. The van der Waals surface area contributed by atoms with Gasteiger partial charge in [-0.15, -0.1) is 6.58 Å². The van der Waals surface area contributed by atoms with Gasteiger partial charge in [0, 0.05) is 32.7 Å². The number of ether oxygens (including phenoxy) is 3. The molecule has 3 aliphatic heterocycles. The van der Waals surface area contributed by atoms with Crippen LogP contribution in [0.3, 0.4) is 0 Å². The van der Waals surface area contributed by atoms with Gasteiger partial charge in [0.1, 0.15) is 0 Å². The summed E-state index contributed by atoms with van der Waals surface area (Å²) >= 11 is 0.